The number of likely N-dealkylation sites (N-methyl/N-ethyl adjacent to an activating group) is 1. The Labute approximate surface area is 115 Å². The lowest BCUT2D eigenvalue weighted by atomic mass is 9.98. The van der Waals surface area contributed by atoms with Gasteiger partial charge in [-0.15, -0.1) is 0 Å². The highest BCUT2D eigenvalue weighted by atomic mass is 16.5. The molecule has 3 atom stereocenters. The third-order valence-corrected chi connectivity index (χ3v) is 4.01. The van der Waals surface area contributed by atoms with Crippen molar-refractivity contribution in [2.45, 2.75) is 31.1 Å². The molecule has 0 amide bonds. The van der Waals surface area contributed by atoms with Gasteiger partial charge < -0.3 is 19.5 Å². The van der Waals surface area contributed by atoms with E-state index in [1.807, 2.05) is 6.92 Å². The van der Waals surface area contributed by atoms with Gasteiger partial charge in [0.15, 0.2) is 0 Å². The summed E-state index contributed by atoms with van der Waals surface area (Å²) < 4.78 is 15.6. The van der Waals surface area contributed by atoms with Crippen LogP contribution in [0.3, 0.4) is 0 Å². The SMILES string of the molecule is CNC(C)(CCN1CC(OC)C(OC)C1)C(=O)OC. The molecule has 1 rings (SSSR count). The molecule has 6 nitrogen and oxygen atoms in total. The summed E-state index contributed by atoms with van der Waals surface area (Å²) in [5, 5.41) is 3.04. The Balaban J connectivity index is 2.50. The van der Waals surface area contributed by atoms with E-state index in [0.717, 1.165) is 19.6 Å². The number of nitrogens with zero attached hydrogens (tertiary/aromatic N) is 1. The molecule has 0 aliphatic carbocycles. The molecule has 0 aromatic carbocycles. The van der Waals surface area contributed by atoms with E-state index in [1.165, 1.54) is 7.11 Å². The first-order valence-electron chi connectivity index (χ1n) is 6.56. The third kappa shape index (κ3) is 3.89. The minimum atomic E-state index is -0.650. The highest BCUT2D eigenvalue weighted by molar-refractivity contribution is 5.80. The second kappa shape index (κ2) is 7.19. The van der Waals surface area contributed by atoms with Crippen LogP contribution < -0.4 is 5.32 Å². The monoisotopic (exact) mass is 274 g/mol. The van der Waals surface area contributed by atoms with Crippen molar-refractivity contribution in [1.29, 1.82) is 0 Å². The van der Waals surface area contributed by atoms with Crippen molar-refractivity contribution < 1.29 is 19.0 Å². The second-order valence-electron chi connectivity index (χ2n) is 5.13. The van der Waals surface area contributed by atoms with E-state index in [4.69, 9.17) is 14.2 Å². The number of hydrogen-bond acceptors (Lipinski definition) is 6. The van der Waals surface area contributed by atoms with Gasteiger partial charge in [0, 0.05) is 33.9 Å². The van der Waals surface area contributed by atoms with Gasteiger partial charge in [0.1, 0.15) is 5.54 Å². The molecule has 0 aromatic heterocycles. The molecule has 1 aliphatic heterocycles. The van der Waals surface area contributed by atoms with E-state index in [1.54, 1.807) is 21.3 Å². The Bertz CT molecular complexity index is 288. The molecule has 112 valence electrons. The van der Waals surface area contributed by atoms with Gasteiger partial charge in [-0.2, -0.15) is 0 Å². The molecule has 1 saturated heterocycles. The molecule has 1 heterocycles. The van der Waals surface area contributed by atoms with Gasteiger partial charge in [0.05, 0.1) is 19.3 Å². The van der Waals surface area contributed by atoms with Gasteiger partial charge >= 0.3 is 5.97 Å². The van der Waals surface area contributed by atoms with E-state index in [-0.39, 0.29) is 18.2 Å². The number of carbonyl (C=O) groups excluding carboxylic acids is 1. The van der Waals surface area contributed by atoms with Crippen molar-refractivity contribution in [3.63, 3.8) is 0 Å². The smallest absolute Gasteiger partial charge is 0.325 e. The van der Waals surface area contributed by atoms with Gasteiger partial charge in [-0.05, 0) is 20.4 Å². The lowest BCUT2D eigenvalue weighted by molar-refractivity contribution is -0.148. The minimum Gasteiger partial charge on any atom is -0.468 e. The van der Waals surface area contributed by atoms with E-state index in [2.05, 4.69) is 10.2 Å². The first kappa shape index (κ1) is 16.4. The van der Waals surface area contributed by atoms with Crippen molar-refractivity contribution in [2.24, 2.45) is 0 Å². The fourth-order valence-electron chi connectivity index (χ4n) is 2.39. The number of hydrogen-bond donors (Lipinski definition) is 1. The first-order valence-corrected chi connectivity index (χ1v) is 6.56. The summed E-state index contributed by atoms with van der Waals surface area (Å²) in [6.45, 7) is 4.31. The molecule has 6 heteroatoms. The average molecular weight is 274 g/mol. The molecule has 0 radical (unpaired) electrons. The molecule has 1 N–H and O–H groups in total. The van der Waals surface area contributed by atoms with Gasteiger partial charge in [0.2, 0.25) is 0 Å². The maximum atomic E-state index is 11.8. The van der Waals surface area contributed by atoms with E-state index in [0.29, 0.717) is 6.42 Å². The fourth-order valence-corrected chi connectivity index (χ4v) is 2.39. The quantitative estimate of drug-likeness (QED) is 0.653. The maximum absolute atomic E-state index is 11.8. The molecule has 0 spiro atoms. The zero-order chi connectivity index (χ0) is 14.5. The zero-order valence-corrected chi connectivity index (χ0v) is 12.6. The number of esters is 1. The van der Waals surface area contributed by atoms with Crippen LogP contribution in [-0.2, 0) is 19.0 Å². The van der Waals surface area contributed by atoms with Crippen LogP contribution in [0.4, 0.5) is 0 Å². The predicted octanol–water partition coefficient (Wildman–Crippen LogP) is -0.127. The summed E-state index contributed by atoms with van der Waals surface area (Å²) in [5.41, 5.74) is -0.650. The van der Waals surface area contributed by atoms with Crippen molar-refractivity contribution in [2.75, 3.05) is 48.0 Å². The second-order valence-corrected chi connectivity index (χ2v) is 5.13. The third-order valence-electron chi connectivity index (χ3n) is 4.01. The molecule has 0 aromatic rings. The van der Waals surface area contributed by atoms with Crippen LogP contribution in [0.1, 0.15) is 13.3 Å². The maximum Gasteiger partial charge on any atom is 0.325 e. The highest BCUT2D eigenvalue weighted by Crippen LogP contribution is 2.19. The van der Waals surface area contributed by atoms with Crippen LogP contribution in [0.15, 0.2) is 0 Å². The number of methoxy groups -OCH3 is 3. The topological polar surface area (TPSA) is 60.0 Å². The summed E-state index contributed by atoms with van der Waals surface area (Å²) >= 11 is 0. The Morgan fingerprint density at radius 3 is 2.16 bits per heavy atom. The van der Waals surface area contributed by atoms with E-state index >= 15 is 0 Å². The van der Waals surface area contributed by atoms with Crippen molar-refractivity contribution in [1.82, 2.24) is 10.2 Å². The number of rotatable bonds is 7. The summed E-state index contributed by atoms with van der Waals surface area (Å²) in [7, 11) is 6.59. The van der Waals surface area contributed by atoms with Gasteiger partial charge in [-0.3, -0.25) is 9.69 Å². The number of carbonyl (C=O) groups is 1. The van der Waals surface area contributed by atoms with E-state index in [9.17, 15) is 4.79 Å². The van der Waals surface area contributed by atoms with Crippen LogP contribution in [0, 0.1) is 0 Å². The van der Waals surface area contributed by atoms with Gasteiger partial charge in [-0.25, -0.2) is 0 Å². The van der Waals surface area contributed by atoms with Crippen LogP contribution >= 0.6 is 0 Å². The molecular weight excluding hydrogens is 248 g/mol. The Kier molecular flexibility index (Phi) is 6.19. The van der Waals surface area contributed by atoms with Crippen LogP contribution in [0.25, 0.3) is 0 Å². The summed E-state index contributed by atoms with van der Waals surface area (Å²) in [6, 6.07) is 0. The summed E-state index contributed by atoms with van der Waals surface area (Å²) in [5.74, 6) is -0.235. The Morgan fingerprint density at radius 1 is 1.26 bits per heavy atom. The fraction of sp³-hybridized carbons (Fsp3) is 0.923. The molecule has 1 fully saturated rings. The zero-order valence-electron chi connectivity index (χ0n) is 12.6. The van der Waals surface area contributed by atoms with Crippen molar-refractivity contribution in [3.05, 3.63) is 0 Å². The lowest BCUT2D eigenvalue weighted by Gasteiger charge is -2.28. The number of nitrogens with one attached hydrogen (secondary N) is 1. The Morgan fingerprint density at radius 2 is 1.79 bits per heavy atom. The lowest BCUT2D eigenvalue weighted by Crippen LogP contribution is -2.50. The van der Waals surface area contributed by atoms with Gasteiger partial charge in [0.25, 0.3) is 0 Å². The first-order chi connectivity index (χ1) is 9.00. The molecular formula is C13H26N2O4. The Hall–Kier alpha value is -0.690. The number of ether oxygens (including phenoxy) is 3. The normalized spacial score (nSPS) is 27.2. The molecule has 0 bridgehead atoms. The van der Waals surface area contributed by atoms with Crippen LogP contribution in [0.5, 0.6) is 0 Å². The van der Waals surface area contributed by atoms with Gasteiger partial charge in [-0.1, -0.05) is 0 Å². The number of likely N-dealkylation sites (tertiary alicyclic amines) is 1. The standard InChI is InChI=1S/C13H26N2O4/c1-13(14-2,12(16)19-5)6-7-15-8-10(17-3)11(9-15)18-4/h10-11,14H,6-9H2,1-5H3. The van der Waals surface area contributed by atoms with Crippen LogP contribution in [-0.4, -0.2) is 76.6 Å². The summed E-state index contributed by atoms with van der Waals surface area (Å²) in [4.78, 5) is 14.0. The highest BCUT2D eigenvalue weighted by Gasteiger charge is 2.36. The largest absolute Gasteiger partial charge is 0.468 e. The average Bonchev–Trinajstić information content (AvgIpc) is 2.86. The summed E-state index contributed by atoms with van der Waals surface area (Å²) in [6.07, 6.45) is 0.885. The van der Waals surface area contributed by atoms with Crippen molar-refractivity contribution >= 4 is 5.97 Å². The minimum absolute atomic E-state index is 0.101. The molecule has 1 aliphatic rings. The van der Waals surface area contributed by atoms with E-state index < -0.39 is 5.54 Å². The molecule has 3 unspecified atom stereocenters. The predicted molar refractivity (Wildman–Crippen MR) is 72.1 cm³/mol. The van der Waals surface area contributed by atoms with Crippen LogP contribution in [0.2, 0.25) is 0 Å². The van der Waals surface area contributed by atoms with Crippen molar-refractivity contribution in [3.8, 4) is 0 Å². The molecule has 19 heavy (non-hydrogen) atoms. The molecule has 0 saturated carbocycles.